The molecule has 1 aliphatic rings. The van der Waals surface area contributed by atoms with E-state index in [0.29, 0.717) is 16.7 Å². The normalized spacial score (nSPS) is 14.8. The molecule has 0 fully saturated rings. The molecule has 138 valence electrons. The van der Waals surface area contributed by atoms with Crippen LogP contribution in [0.3, 0.4) is 0 Å². The Morgan fingerprint density at radius 1 is 1.11 bits per heavy atom. The quantitative estimate of drug-likeness (QED) is 0.569. The number of hydrogen-bond donors (Lipinski definition) is 0. The molecular weight excluding hydrogens is 334 g/mol. The van der Waals surface area contributed by atoms with Crippen LogP contribution in [0, 0.1) is 0 Å². The van der Waals surface area contributed by atoms with Crippen molar-refractivity contribution < 1.29 is 4.42 Å². The summed E-state index contributed by atoms with van der Waals surface area (Å²) in [6.07, 6.45) is 7.52. The first-order valence-corrected chi connectivity index (χ1v) is 9.17. The van der Waals surface area contributed by atoms with Gasteiger partial charge in [0.25, 0.3) is 0 Å². The molecule has 1 aromatic heterocycles. The van der Waals surface area contributed by atoms with Gasteiger partial charge in [0.1, 0.15) is 11.3 Å². The largest absolute Gasteiger partial charge is 0.456 e. The van der Waals surface area contributed by atoms with Crippen LogP contribution < -0.4 is 10.3 Å². The van der Waals surface area contributed by atoms with E-state index in [9.17, 15) is 4.79 Å². The molecule has 4 rings (SSSR count). The van der Waals surface area contributed by atoms with E-state index in [4.69, 9.17) is 4.42 Å². The number of anilines is 1. The summed E-state index contributed by atoms with van der Waals surface area (Å²) in [4.78, 5) is 14.6. The second-order valence-corrected chi connectivity index (χ2v) is 6.79. The van der Waals surface area contributed by atoms with Crippen molar-refractivity contribution in [3.05, 3.63) is 94.9 Å². The van der Waals surface area contributed by atoms with Gasteiger partial charge in [-0.2, -0.15) is 0 Å². The second-order valence-electron chi connectivity index (χ2n) is 6.79. The fraction of sp³-hybridized carbons (Fsp3) is 0.208. The van der Waals surface area contributed by atoms with Gasteiger partial charge in [0.2, 0.25) is 0 Å². The van der Waals surface area contributed by atoms with Crippen molar-refractivity contribution in [2.75, 3.05) is 19.0 Å². The lowest BCUT2D eigenvalue weighted by Gasteiger charge is -2.19. The highest BCUT2D eigenvalue weighted by Gasteiger charge is 2.22. The molecule has 2 aromatic carbocycles. The van der Waals surface area contributed by atoms with E-state index in [2.05, 4.69) is 29.7 Å². The Bertz CT molecular complexity index is 1000. The minimum atomic E-state index is 0.100. The van der Waals surface area contributed by atoms with E-state index in [1.54, 1.807) is 0 Å². The molecule has 0 aliphatic heterocycles. The molecule has 1 aliphatic carbocycles. The van der Waals surface area contributed by atoms with Crippen LogP contribution in [0.4, 0.5) is 5.69 Å². The standard InChI is InChI=1S/C16H14O2.C8H11N/c1-2-6-11-7-5-10-14-15(11)16(17)12-8-3-4-9-13(12)18-14;1-9(2)8-6-4-3-5-7-8/h2-5,8-11H,1,6-7H2;3-7H,1-2H3. The molecule has 1 atom stereocenters. The van der Waals surface area contributed by atoms with Gasteiger partial charge in [-0.05, 0) is 49.1 Å². The fourth-order valence-corrected chi connectivity index (χ4v) is 3.28. The summed E-state index contributed by atoms with van der Waals surface area (Å²) >= 11 is 0. The molecule has 0 bridgehead atoms. The lowest BCUT2D eigenvalue weighted by Crippen LogP contribution is -2.17. The third-order valence-electron chi connectivity index (χ3n) is 4.68. The number of allylic oxidation sites excluding steroid dienone is 2. The van der Waals surface area contributed by atoms with Crippen molar-refractivity contribution in [2.45, 2.75) is 18.8 Å². The van der Waals surface area contributed by atoms with Gasteiger partial charge in [-0.25, -0.2) is 0 Å². The second kappa shape index (κ2) is 8.54. The van der Waals surface area contributed by atoms with Crippen LogP contribution in [-0.4, -0.2) is 14.1 Å². The van der Waals surface area contributed by atoms with Gasteiger partial charge in [0.05, 0.1) is 5.39 Å². The first-order chi connectivity index (χ1) is 13.1. The summed E-state index contributed by atoms with van der Waals surface area (Å²) in [5.74, 6) is 0.903. The Morgan fingerprint density at radius 3 is 2.48 bits per heavy atom. The monoisotopic (exact) mass is 359 g/mol. The topological polar surface area (TPSA) is 33.5 Å². The molecule has 3 nitrogen and oxygen atoms in total. The van der Waals surface area contributed by atoms with Crippen LogP contribution in [0.15, 0.2) is 82.5 Å². The first kappa shape index (κ1) is 18.7. The Kier molecular flexibility index (Phi) is 5.92. The van der Waals surface area contributed by atoms with Crippen molar-refractivity contribution in [2.24, 2.45) is 0 Å². The van der Waals surface area contributed by atoms with Gasteiger partial charge in [0, 0.05) is 25.3 Å². The number of hydrogen-bond acceptors (Lipinski definition) is 3. The van der Waals surface area contributed by atoms with Crippen molar-refractivity contribution in [1.82, 2.24) is 0 Å². The number of benzene rings is 2. The van der Waals surface area contributed by atoms with Gasteiger partial charge >= 0.3 is 0 Å². The van der Waals surface area contributed by atoms with Crippen LogP contribution in [0.5, 0.6) is 0 Å². The van der Waals surface area contributed by atoms with Crippen LogP contribution >= 0.6 is 0 Å². The van der Waals surface area contributed by atoms with E-state index in [0.717, 1.165) is 18.4 Å². The Hall–Kier alpha value is -3.07. The number of para-hydroxylation sites is 2. The number of fused-ring (bicyclic) bond motifs is 2. The fourth-order valence-electron chi connectivity index (χ4n) is 3.28. The molecule has 1 unspecified atom stereocenters. The van der Waals surface area contributed by atoms with E-state index in [1.807, 2.05) is 68.7 Å². The number of nitrogens with zero attached hydrogens (tertiary/aromatic N) is 1. The van der Waals surface area contributed by atoms with Crippen LogP contribution in [0.2, 0.25) is 0 Å². The zero-order valence-electron chi connectivity index (χ0n) is 15.9. The van der Waals surface area contributed by atoms with Crippen LogP contribution in [0.1, 0.15) is 30.1 Å². The summed E-state index contributed by atoms with van der Waals surface area (Å²) in [6, 6.07) is 17.7. The van der Waals surface area contributed by atoms with Crippen LogP contribution in [-0.2, 0) is 0 Å². The Labute approximate surface area is 160 Å². The third-order valence-corrected chi connectivity index (χ3v) is 4.68. The maximum atomic E-state index is 12.5. The van der Waals surface area contributed by atoms with E-state index >= 15 is 0 Å². The number of rotatable bonds is 3. The first-order valence-electron chi connectivity index (χ1n) is 9.17. The molecule has 0 saturated heterocycles. The van der Waals surface area contributed by atoms with Crippen molar-refractivity contribution in [3.8, 4) is 0 Å². The predicted octanol–water partition coefficient (Wildman–Crippen LogP) is 5.62. The lowest BCUT2D eigenvalue weighted by molar-refractivity contribution is 0.555. The minimum Gasteiger partial charge on any atom is -0.456 e. The summed E-state index contributed by atoms with van der Waals surface area (Å²) in [7, 11) is 4.07. The highest BCUT2D eigenvalue weighted by molar-refractivity contribution is 5.78. The zero-order valence-corrected chi connectivity index (χ0v) is 15.9. The molecule has 0 N–H and O–H groups in total. The van der Waals surface area contributed by atoms with Crippen molar-refractivity contribution >= 4 is 22.7 Å². The SMILES string of the molecule is C=CCC1CC=Cc2oc3ccccc3c(=O)c21.CN(C)c1ccccc1. The molecule has 0 saturated carbocycles. The molecule has 0 amide bonds. The van der Waals surface area contributed by atoms with Gasteiger partial charge in [-0.3, -0.25) is 4.79 Å². The molecule has 3 aromatic rings. The van der Waals surface area contributed by atoms with Gasteiger partial charge in [0.15, 0.2) is 5.43 Å². The third kappa shape index (κ3) is 4.20. The molecule has 27 heavy (non-hydrogen) atoms. The smallest absolute Gasteiger partial charge is 0.196 e. The lowest BCUT2D eigenvalue weighted by atomic mass is 9.87. The molecule has 0 spiro atoms. The Balaban J connectivity index is 0.000000197. The van der Waals surface area contributed by atoms with E-state index in [-0.39, 0.29) is 11.3 Å². The maximum Gasteiger partial charge on any atom is 0.196 e. The summed E-state index contributed by atoms with van der Waals surface area (Å²) in [5, 5.41) is 0.667. The molecule has 1 heterocycles. The molecular formula is C24H25NO2. The van der Waals surface area contributed by atoms with Crippen molar-refractivity contribution in [3.63, 3.8) is 0 Å². The highest BCUT2D eigenvalue weighted by atomic mass is 16.3. The van der Waals surface area contributed by atoms with Crippen molar-refractivity contribution in [1.29, 1.82) is 0 Å². The predicted molar refractivity (Wildman–Crippen MR) is 114 cm³/mol. The van der Waals surface area contributed by atoms with Gasteiger partial charge < -0.3 is 9.32 Å². The zero-order chi connectivity index (χ0) is 19.2. The van der Waals surface area contributed by atoms with E-state index < -0.39 is 0 Å². The summed E-state index contributed by atoms with van der Waals surface area (Å²) in [5.41, 5.74) is 2.81. The van der Waals surface area contributed by atoms with Crippen LogP contribution in [0.25, 0.3) is 17.0 Å². The van der Waals surface area contributed by atoms with Gasteiger partial charge in [-0.15, -0.1) is 6.58 Å². The average Bonchev–Trinajstić information content (AvgIpc) is 2.69. The average molecular weight is 359 g/mol. The van der Waals surface area contributed by atoms with Gasteiger partial charge in [-0.1, -0.05) is 42.5 Å². The maximum absolute atomic E-state index is 12.5. The highest BCUT2D eigenvalue weighted by Crippen LogP contribution is 2.32. The van der Waals surface area contributed by atoms with E-state index in [1.165, 1.54) is 5.69 Å². The molecule has 0 radical (unpaired) electrons. The summed E-state index contributed by atoms with van der Waals surface area (Å²) in [6.45, 7) is 3.76. The molecule has 3 heteroatoms. The summed E-state index contributed by atoms with van der Waals surface area (Å²) < 4.78 is 5.82. The Morgan fingerprint density at radius 2 is 1.81 bits per heavy atom. The minimum absolute atomic E-state index is 0.100.